The van der Waals surface area contributed by atoms with Gasteiger partial charge in [-0.3, -0.25) is 4.79 Å². The number of hydrogen-bond acceptors (Lipinski definition) is 3. The third-order valence-corrected chi connectivity index (χ3v) is 6.04. The number of carbonyl (C=O) groups excluding carboxylic acids is 1. The number of aryl methyl sites for hydroxylation is 1. The van der Waals surface area contributed by atoms with Crippen molar-refractivity contribution in [2.75, 3.05) is 7.11 Å². The summed E-state index contributed by atoms with van der Waals surface area (Å²) in [5, 5.41) is 1.60. The van der Waals surface area contributed by atoms with Gasteiger partial charge in [0.2, 0.25) is 0 Å². The lowest BCUT2D eigenvalue weighted by molar-refractivity contribution is -0.133. The Morgan fingerprint density at radius 2 is 2.12 bits per heavy atom. The standard InChI is InChI=1S/C20H21FO3/c1-20-6-5-14-16-7-12(23-2)3-4-15(16)19(21)9-17(14)18(20)8-13(10-20)24-11-22/h3-4,7,9,11,13,18H,5-6,8,10H2,1-2H3/t13-,18-,20+/m0/s1. The zero-order valence-corrected chi connectivity index (χ0v) is 14.0. The first-order chi connectivity index (χ1) is 11.6. The third kappa shape index (κ3) is 2.20. The van der Waals surface area contributed by atoms with Crippen LogP contribution in [0.4, 0.5) is 4.39 Å². The number of ether oxygens (including phenoxy) is 2. The summed E-state index contributed by atoms with van der Waals surface area (Å²) < 4.78 is 25.3. The number of hydrogen-bond donors (Lipinski definition) is 0. The lowest BCUT2D eigenvalue weighted by Gasteiger charge is -2.38. The number of carbonyl (C=O) groups is 1. The Labute approximate surface area is 140 Å². The summed E-state index contributed by atoms with van der Waals surface area (Å²) in [6.45, 7) is 2.78. The van der Waals surface area contributed by atoms with Gasteiger partial charge < -0.3 is 9.47 Å². The molecule has 0 spiro atoms. The van der Waals surface area contributed by atoms with E-state index in [1.807, 2.05) is 6.07 Å². The summed E-state index contributed by atoms with van der Waals surface area (Å²) >= 11 is 0. The smallest absolute Gasteiger partial charge is 0.293 e. The first-order valence-corrected chi connectivity index (χ1v) is 8.44. The largest absolute Gasteiger partial charge is 0.497 e. The van der Waals surface area contributed by atoms with E-state index < -0.39 is 0 Å². The van der Waals surface area contributed by atoms with Crippen LogP contribution in [0.15, 0.2) is 24.3 Å². The summed E-state index contributed by atoms with van der Waals surface area (Å²) in [5.41, 5.74) is 2.37. The van der Waals surface area contributed by atoms with Crippen molar-refractivity contribution in [1.29, 1.82) is 0 Å². The van der Waals surface area contributed by atoms with Crippen LogP contribution in [-0.2, 0) is 16.0 Å². The number of halogens is 1. The molecule has 0 heterocycles. The van der Waals surface area contributed by atoms with Crippen LogP contribution in [0, 0.1) is 11.2 Å². The molecule has 2 aromatic rings. The van der Waals surface area contributed by atoms with Crippen molar-refractivity contribution in [3.05, 3.63) is 41.2 Å². The van der Waals surface area contributed by atoms with Gasteiger partial charge in [0, 0.05) is 5.39 Å². The molecule has 0 radical (unpaired) electrons. The minimum Gasteiger partial charge on any atom is -0.497 e. The SMILES string of the molecule is COc1ccc2c(F)cc3c(c2c1)CC[C@]1(C)C[C@@H](OC=O)C[C@@H]31. The number of methoxy groups -OCH3 is 1. The summed E-state index contributed by atoms with van der Waals surface area (Å²) in [4.78, 5) is 10.7. The second-order valence-corrected chi connectivity index (χ2v) is 7.34. The Kier molecular flexibility index (Phi) is 3.52. The van der Waals surface area contributed by atoms with Crippen LogP contribution in [0.5, 0.6) is 5.75 Å². The molecule has 0 aliphatic heterocycles. The molecule has 0 N–H and O–H groups in total. The summed E-state index contributed by atoms with van der Waals surface area (Å²) in [7, 11) is 1.63. The van der Waals surface area contributed by atoms with Crippen molar-refractivity contribution in [3.8, 4) is 5.75 Å². The Morgan fingerprint density at radius 3 is 2.88 bits per heavy atom. The lowest BCUT2D eigenvalue weighted by Crippen LogP contribution is -2.27. The van der Waals surface area contributed by atoms with Crippen molar-refractivity contribution in [3.63, 3.8) is 0 Å². The quantitative estimate of drug-likeness (QED) is 0.785. The van der Waals surface area contributed by atoms with E-state index in [9.17, 15) is 9.18 Å². The lowest BCUT2D eigenvalue weighted by atomic mass is 9.66. The van der Waals surface area contributed by atoms with Crippen LogP contribution in [0.25, 0.3) is 10.8 Å². The third-order valence-electron chi connectivity index (χ3n) is 6.04. The minimum atomic E-state index is -0.185. The second-order valence-electron chi connectivity index (χ2n) is 7.34. The van der Waals surface area contributed by atoms with Crippen LogP contribution in [0.2, 0.25) is 0 Å². The van der Waals surface area contributed by atoms with Gasteiger partial charge in [-0.1, -0.05) is 6.92 Å². The first-order valence-electron chi connectivity index (χ1n) is 8.44. The highest BCUT2D eigenvalue weighted by Crippen LogP contribution is 2.57. The van der Waals surface area contributed by atoms with E-state index in [-0.39, 0.29) is 23.3 Å². The topological polar surface area (TPSA) is 35.5 Å². The highest BCUT2D eigenvalue weighted by atomic mass is 19.1. The maximum atomic E-state index is 14.7. The van der Waals surface area contributed by atoms with Crippen molar-refractivity contribution >= 4 is 17.2 Å². The molecule has 1 fully saturated rings. The Bertz CT molecular complexity index is 816. The molecule has 4 rings (SSSR count). The molecule has 2 aromatic carbocycles. The van der Waals surface area contributed by atoms with Crippen LogP contribution >= 0.6 is 0 Å². The van der Waals surface area contributed by atoms with Gasteiger partial charge in [-0.25, -0.2) is 4.39 Å². The summed E-state index contributed by atoms with van der Waals surface area (Å²) in [6, 6.07) is 7.24. The van der Waals surface area contributed by atoms with Gasteiger partial charge in [0.05, 0.1) is 7.11 Å². The molecule has 0 amide bonds. The minimum absolute atomic E-state index is 0.0625. The zero-order valence-electron chi connectivity index (χ0n) is 14.0. The number of fused-ring (bicyclic) bond motifs is 5. The summed E-state index contributed by atoms with van der Waals surface area (Å²) in [5.74, 6) is 0.795. The first kappa shape index (κ1) is 15.4. The van der Waals surface area contributed by atoms with Crippen molar-refractivity contribution in [2.45, 2.75) is 44.6 Å². The average Bonchev–Trinajstić information content (AvgIpc) is 2.91. The fourth-order valence-electron chi connectivity index (χ4n) is 4.82. The second kappa shape index (κ2) is 5.47. The molecule has 2 aliphatic rings. The molecule has 3 atom stereocenters. The van der Waals surface area contributed by atoms with Crippen LogP contribution in [-0.4, -0.2) is 19.7 Å². The highest BCUT2D eigenvalue weighted by molar-refractivity contribution is 5.89. The van der Waals surface area contributed by atoms with E-state index in [1.165, 1.54) is 5.56 Å². The molecule has 1 saturated carbocycles. The Hall–Kier alpha value is -2.10. The van der Waals surface area contributed by atoms with Crippen LogP contribution in [0.3, 0.4) is 0 Å². The zero-order chi connectivity index (χ0) is 16.9. The fourth-order valence-corrected chi connectivity index (χ4v) is 4.82. The molecule has 24 heavy (non-hydrogen) atoms. The van der Waals surface area contributed by atoms with Gasteiger partial charge >= 0.3 is 0 Å². The monoisotopic (exact) mass is 328 g/mol. The fraction of sp³-hybridized carbons (Fsp3) is 0.450. The molecule has 0 aromatic heterocycles. The van der Waals surface area contributed by atoms with E-state index in [2.05, 4.69) is 6.92 Å². The van der Waals surface area contributed by atoms with Gasteiger partial charge in [-0.2, -0.15) is 0 Å². The van der Waals surface area contributed by atoms with Gasteiger partial charge in [0.25, 0.3) is 6.47 Å². The van der Waals surface area contributed by atoms with Crippen molar-refractivity contribution < 1.29 is 18.7 Å². The van der Waals surface area contributed by atoms with Crippen molar-refractivity contribution in [1.82, 2.24) is 0 Å². The number of rotatable bonds is 3. The maximum Gasteiger partial charge on any atom is 0.293 e. The molecule has 0 bridgehead atoms. The predicted molar refractivity (Wildman–Crippen MR) is 89.8 cm³/mol. The van der Waals surface area contributed by atoms with E-state index in [4.69, 9.17) is 9.47 Å². The van der Waals surface area contributed by atoms with Crippen LogP contribution < -0.4 is 4.74 Å². The molecule has 4 heteroatoms. The molecule has 3 nitrogen and oxygen atoms in total. The van der Waals surface area contributed by atoms with E-state index in [1.54, 1.807) is 25.3 Å². The molecule has 0 saturated heterocycles. The van der Waals surface area contributed by atoms with Gasteiger partial charge in [-0.15, -0.1) is 0 Å². The predicted octanol–water partition coefficient (Wildman–Crippen LogP) is 4.36. The molecule has 0 unspecified atom stereocenters. The molecule has 126 valence electrons. The van der Waals surface area contributed by atoms with E-state index in [0.29, 0.717) is 11.9 Å². The molecular weight excluding hydrogens is 307 g/mol. The van der Waals surface area contributed by atoms with Crippen LogP contribution in [0.1, 0.15) is 43.2 Å². The van der Waals surface area contributed by atoms with E-state index in [0.717, 1.165) is 42.4 Å². The highest BCUT2D eigenvalue weighted by Gasteiger charge is 2.48. The normalized spacial score (nSPS) is 28.3. The Balaban J connectivity index is 1.87. The summed E-state index contributed by atoms with van der Waals surface area (Å²) in [6.07, 6.45) is 3.51. The van der Waals surface area contributed by atoms with Crippen molar-refractivity contribution in [2.24, 2.45) is 5.41 Å². The Morgan fingerprint density at radius 1 is 1.29 bits per heavy atom. The van der Waals surface area contributed by atoms with E-state index >= 15 is 0 Å². The average molecular weight is 328 g/mol. The molecular formula is C20H21FO3. The van der Waals surface area contributed by atoms with Gasteiger partial charge in [0.1, 0.15) is 17.7 Å². The number of benzene rings is 2. The molecule has 2 aliphatic carbocycles. The maximum absolute atomic E-state index is 14.7. The van der Waals surface area contributed by atoms with Gasteiger partial charge in [0.15, 0.2) is 0 Å². The van der Waals surface area contributed by atoms with Gasteiger partial charge in [-0.05, 0) is 77.8 Å².